The average Bonchev–Trinajstić information content (AvgIpc) is 2.77. The number of carbonyl (C=O) groups excluding carboxylic acids is 1. The Morgan fingerprint density at radius 3 is 2.83 bits per heavy atom. The Morgan fingerprint density at radius 1 is 1.39 bits per heavy atom. The van der Waals surface area contributed by atoms with E-state index in [-0.39, 0.29) is 11.7 Å². The van der Waals surface area contributed by atoms with E-state index >= 15 is 0 Å². The first-order valence-electron chi connectivity index (χ1n) is 5.01. The SMILES string of the molecule is O=C(CS)Nc1cc(-c2ccc(Cl)cc2Cl)n[nH]1. The van der Waals surface area contributed by atoms with Gasteiger partial charge in [-0.2, -0.15) is 17.7 Å². The van der Waals surface area contributed by atoms with Gasteiger partial charge in [0.25, 0.3) is 0 Å². The predicted octanol–water partition coefficient (Wildman–Crippen LogP) is 3.25. The van der Waals surface area contributed by atoms with Crippen molar-refractivity contribution in [2.75, 3.05) is 11.1 Å². The van der Waals surface area contributed by atoms with E-state index in [1.165, 1.54) is 0 Å². The van der Waals surface area contributed by atoms with Crippen LogP contribution in [0.15, 0.2) is 24.3 Å². The van der Waals surface area contributed by atoms with E-state index in [1.54, 1.807) is 24.3 Å². The van der Waals surface area contributed by atoms with Gasteiger partial charge in [0.1, 0.15) is 5.82 Å². The zero-order valence-corrected chi connectivity index (χ0v) is 11.5. The molecule has 2 N–H and O–H groups in total. The number of aromatic amines is 1. The molecule has 4 nitrogen and oxygen atoms in total. The molecule has 0 aliphatic heterocycles. The maximum Gasteiger partial charge on any atom is 0.235 e. The second kappa shape index (κ2) is 5.65. The van der Waals surface area contributed by atoms with Gasteiger partial charge >= 0.3 is 0 Å². The van der Waals surface area contributed by atoms with Crippen molar-refractivity contribution in [3.63, 3.8) is 0 Å². The lowest BCUT2D eigenvalue weighted by atomic mass is 10.1. The van der Waals surface area contributed by atoms with Crippen LogP contribution in [0.5, 0.6) is 0 Å². The number of aromatic nitrogens is 2. The van der Waals surface area contributed by atoms with Gasteiger partial charge in [0.2, 0.25) is 5.91 Å². The van der Waals surface area contributed by atoms with E-state index in [9.17, 15) is 4.79 Å². The number of halogens is 2. The molecule has 2 rings (SSSR count). The molecule has 0 unspecified atom stereocenters. The van der Waals surface area contributed by atoms with Gasteiger partial charge in [-0.25, -0.2) is 0 Å². The molecule has 18 heavy (non-hydrogen) atoms. The maximum atomic E-state index is 11.2. The second-order valence-corrected chi connectivity index (χ2v) is 4.66. The minimum absolute atomic E-state index is 0.107. The lowest BCUT2D eigenvalue weighted by Gasteiger charge is -2.00. The molecule has 1 amide bonds. The highest BCUT2D eigenvalue weighted by Gasteiger charge is 2.09. The summed E-state index contributed by atoms with van der Waals surface area (Å²) in [4.78, 5) is 11.2. The number of nitrogens with one attached hydrogen (secondary N) is 2. The second-order valence-electron chi connectivity index (χ2n) is 3.50. The van der Waals surface area contributed by atoms with E-state index in [0.29, 0.717) is 21.6 Å². The first-order valence-corrected chi connectivity index (χ1v) is 6.40. The van der Waals surface area contributed by atoms with Crippen molar-refractivity contribution < 1.29 is 4.79 Å². The van der Waals surface area contributed by atoms with Crippen molar-refractivity contribution in [2.45, 2.75) is 0 Å². The van der Waals surface area contributed by atoms with Crippen LogP contribution in [-0.4, -0.2) is 21.9 Å². The van der Waals surface area contributed by atoms with Gasteiger partial charge in [-0.3, -0.25) is 9.89 Å². The molecular weight excluding hydrogens is 293 g/mol. The Balaban J connectivity index is 2.26. The summed E-state index contributed by atoms with van der Waals surface area (Å²) >= 11 is 15.8. The molecule has 1 aromatic carbocycles. The highest BCUT2D eigenvalue weighted by molar-refractivity contribution is 7.81. The molecule has 1 heterocycles. The smallest absolute Gasteiger partial charge is 0.235 e. The quantitative estimate of drug-likeness (QED) is 0.762. The van der Waals surface area contributed by atoms with Crippen molar-refractivity contribution >= 4 is 47.6 Å². The Hall–Kier alpha value is -1.17. The highest BCUT2D eigenvalue weighted by Crippen LogP contribution is 2.29. The van der Waals surface area contributed by atoms with Crippen molar-refractivity contribution in [1.29, 1.82) is 0 Å². The van der Waals surface area contributed by atoms with Crippen LogP contribution in [-0.2, 0) is 4.79 Å². The van der Waals surface area contributed by atoms with Crippen molar-refractivity contribution in [2.24, 2.45) is 0 Å². The highest BCUT2D eigenvalue weighted by atomic mass is 35.5. The average molecular weight is 302 g/mol. The Kier molecular flexibility index (Phi) is 4.16. The molecule has 0 aliphatic carbocycles. The third-order valence-electron chi connectivity index (χ3n) is 2.20. The van der Waals surface area contributed by atoms with Gasteiger partial charge in [0, 0.05) is 16.7 Å². The third-order valence-corrected chi connectivity index (χ3v) is 3.04. The molecule has 0 atom stereocenters. The summed E-state index contributed by atoms with van der Waals surface area (Å²) in [6.45, 7) is 0. The van der Waals surface area contributed by atoms with E-state index < -0.39 is 0 Å². The molecule has 0 aliphatic rings. The van der Waals surface area contributed by atoms with E-state index in [4.69, 9.17) is 23.2 Å². The van der Waals surface area contributed by atoms with Crippen molar-refractivity contribution in [1.82, 2.24) is 10.2 Å². The van der Waals surface area contributed by atoms with Crippen LogP contribution in [0.4, 0.5) is 5.82 Å². The lowest BCUT2D eigenvalue weighted by Crippen LogP contribution is -2.12. The number of hydrogen-bond donors (Lipinski definition) is 3. The first kappa shape index (κ1) is 13.3. The van der Waals surface area contributed by atoms with Crippen LogP contribution >= 0.6 is 35.8 Å². The Morgan fingerprint density at radius 2 is 2.17 bits per heavy atom. The van der Waals surface area contributed by atoms with Gasteiger partial charge in [0.15, 0.2) is 0 Å². The van der Waals surface area contributed by atoms with E-state index in [2.05, 4.69) is 28.1 Å². The van der Waals surface area contributed by atoms with Crippen LogP contribution < -0.4 is 5.32 Å². The summed E-state index contributed by atoms with van der Waals surface area (Å²) in [5.41, 5.74) is 1.37. The van der Waals surface area contributed by atoms with Gasteiger partial charge in [-0.1, -0.05) is 23.2 Å². The van der Waals surface area contributed by atoms with E-state index in [0.717, 1.165) is 5.56 Å². The number of thiol groups is 1. The van der Waals surface area contributed by atoms with Crippen LogP contribution in [0.1, 0.15) is 0 Å². The zero-order chi connectivity index (χ0) is 13.1. The molecule has 94 valence electrons. The monoisotopic (exact) mass is 301 g/mol. The van der Waals surface area contributed by atoms with Crippen LogP contribution in [0.2, 0.25) is 10.0 Å². The molecule has 7 heteroatoms. The fourth-order valence-corrected chi connectivity index (χ4v) is 2.00. The number of hydrogen-bond acceptors (Lipinski definition) is 3. The van der Waals surface area contributed by atoms with Crippen molar-refractivity contribution in [3.8, 4) is 11.3 Å². The molecule has 1 aromatic heterocycles. The summed E-state index contributed by atoms with van der Waals surface area (Å²) in [5, 5.41) is 10.4. The summed E-state index contributed by atoms with van der Waals surface area (Å²) in [7, 11) is 0. The predicted molar refractivity (Wildman–Crippen MR) is 76.5 cm³/mol. The first-order chi connectivity index (χ1) is 8.60. The molecule has 2 aromatic rings. The molecule has 0 radical (unpaired) electrons. The summed E-state index contributed by atoms with van der Waals surface area (Å²) in [5.74, 6) is 0.390. The molecule has 0 bridgehead atoms. The van der Waals surface area contributed by atoms with Gasteiger partial charge in [-0.05, 0) is 18.2 Å². The minimum atomic E-state index is -0.212. The fourth-order valence-electron chi connectivity index (χ4n) is 1.41. The number of nitrogens with zero attached hydrogens (tertiary/aromatic N) is 1. The zero-order valence-electron chi connectivity index (χ0n) is 9.08. The van der Waals surface area contributed by atoms with Crippen LogP contribution in [0, 0.1) is 0 Å². The van der Waals surface area contributed by atoms with Gasteiger partial charge in [-0.15, -0.1) is 0 Å². The topological polar surface area (TPSA) is 57.8 Å². The van der Waals surface area contributed by atoms with E-state index in [1.807, 2.05) is 0 Å². The third kappa shape index (κ3) is 2.98. The van der Waals surface area contributed by atoms with Gasteiger partial charge in [0.05, 0.1) is 16.5 Å². The fraction of sp³-hybridized carbons (Fsp3) is 0.0909. The number of carbonyl (C=O) groups is 1. The van der Waals surface area contributed by atoms with Crippen molar-refractivity contribution in [3.05, 3.63) is 34.3 Å². The molecule has 0 fully saturated rings. The normalized spacial score (nSPS) is 10.4. The summed E-state index contributed by atoms with van der Waals surface area (Å²) < 4.78 is 0. The summed E-state index contributed by atoms with van der Waals surface area (Å²) in [6, 6.07) is 6.82. The van der Waals surface area contributed by atoms with Crippen LogP contribution in [0.3, 0.4) is 0 Å². The Labute approximate surface area is 119 Å². The molecular formula is C11H9Cl2N3OS. The number of amides is 1. The lowest BCUT2D eigenvalue weighted by molar-refractivity contribution is -0.113. The standard InChI is InChI=1S/C11H9Cl2N3OS/c12-6-1-2-7(8(13)3-6)9-4-10(16-15-9)14-11(17)5-18/h1-4,18H,5H2,(H2,14,15,16,17). The summed E-state index contributed by atoms with van der Waals surface area (Å²) in [6.07, 6.45) is 0. The number of anilines is 1. The number of benzene rings is 1. The van der Waals surface area contributed by atoms with Gasteiger partial charge < -0.3 is 5.32 Å². The minimum Gasteiger partial charge on any atom is -0.310 e. The number of H-pyrrole nitrogens is 1. The van der Waals surface area contributed by atoms with Crippen LogP contribution in [0.25, 0.3) is 11.3 Å². The number of rotatable bonds is 3. The largest absolute Gasteiger partial charge is 0.310 e. The maximum absolute atomic E-state index is 11.2. The molecule has 0 spiro atoms. The molecule has 0 saturated carbocycles. The Bertz CT molecular complexity index is 585. The molecule has 0 saturated heterocycles.